The zero-order chi connectivity index (χ0) is 11.5. The Hall–Kier alpha value is -1.40. The van der Waals surface area contributed by atoms with Gasteiger partial charge in [-0.2, -0.15) is 9.97 Å². The van der Waals surface area contributed by atoms with Gasteiger partial charge in [0.1, 0.15) is 0 Å². The van der Waals surface area contributed by atoms with Crippen LogP contribution >= 0.6 is 11.6 Å². The largest absolute Gasteiger partial charge is 0.395 e. The highest BCUT2D eigenvalue weighted by Gasteiger charge is 2.11. The number of aliphatic hydroxyl groups excluding tert-OH is 1. The lowest BCUT2D eigenvalue weighted by molar-refractivity contribution is 0.311. The third-order valence-corrected chi connectivity index (χ3v) is 2.35. The third-order valence-electron chi connectivity index (χ3n) is 2.18. The number of aliphatic hydroxyl groups is 1. The van der Waals surface area contributed by atoms with Crippen LogP contribution in [0.4, 0.5) is 5.82 Å². The van der Waals surface area contributed by atoms with Gasteiger partial charge < -0.3 is 15.0 Å². The van der Waals surface area contributed by atoms with Gasteiger partial charge in [0.2, 0.25) is 5.28 Å². The summed E-state index contributed by atoms with van der Waals surface area (Å²) in [4.78, 5) is 12.4. The SMILES string of the molecule is CCn1cnc2c(NCCO)nc(Cl)nc21. The Morgan fingerprint density at radius 1 is 1.50 bits per heavy atom. The van der Waals surface area contributed by atoms with Crippen LogP contribution in [0.15, 0.2) is 6.33 Å². The van der Waals surface area contributed by atoms with Crippen LogP contribution in [-0.4, -0.2) is 37.8 Å². The Bertz CT molecular complexity index is 498. The predicted octanol–water partition coefficient (Wildman–Crippen LogP) is 0.904. The number of rotatable bonds is 4. The molecule has 0 atom stereocenters. The molecule has 0 aliphatic heterocycles. The molecule has 6 nitrogen and oxygen atoms in total. The van der Waals surface area contributed by atoms with Crippen molar-refractivity contribution in [2.24, 2.45) is 0 Å². The maximum Gasteiger partial charge on any atom is 0.226 e. The van der Waals surface area contributed by atoms with Crippen molar-refractivity contribution in [2.75, 3.05) is 18.5 Å². The molecule has 2 aromatic rings. The van der Waals surface area contributed by atoms with Crippen LogP contribution in [0.5, 0.6) is 0 Å². The van der Waals surface area contributed by atoms with E-state index in [0.29, 0.717) is 23.5 Å². The van der Waals surface area contributed by atoms with Crippen molar-refractivity contribution in [2.45, 2.75) is 13.5 Å². The van der Waals surface area contributed by atoms with Crippen LogP contribution in [0, 0.1) is 0 Å². The van der Waals surface area contributed by atoms with Gasteiger partial charge in [0, 0.05) is 13.1 Å². The Labute approximate surface area is 97.3 Å². The molecule has 0 aromatic carbocycles. The highest BCUT2D eigenvalue weighted by Crippen LogP contribution is 2.20. The zero-order valence-electron chi connectivity index (χ0n) is 8.81. The first-order chi connectivity index (χ1) is 7.76. The standard InChI is InChI=1S/C9H12ClN5O/c1-2-15-5-12-6-7(11-3-4-16)13-9(10)14-8(6)15/h5,16H,2-4H2,1H3,(H,11,13,14). The second-order valence-corrected chi connectivity index (χ2v) is 3.53. The summed E-state index contributed by atoms with van der Waals surface area (Å²) in [5, 5.41) is 11.9. The molecule has 2 aromatic heterocycles. The van der Waals surface area contributed by atoms with Crippen molar-refractivity contribution in [3.63, 3.8) is 0 Å². The summed E-state index contributed by atoms with van der Waals surface area (Å²) < 4.78 is 1.88. The monoisotopic (exact) mass is 241 g/mol. The van der Waals surface area contributed by atoms with Gasteiger partial charge in [0.25, 0.3) is 0 Å². The van der Waals surface area contributed by atoms with E-state index in [4.69, 9.17) is 16.7 Å². The summed E-state index contributed by atoms with van der Waals surface area (Å²) in [6.07, 6.45) is 1.69. The van der Waals surface area contributed by atoms with Gasteiger partial charge in [-0.1, -0.05) is 0 Å². The van der Waals surface area contributed by atoms with Crippen LogP contribution in [-0.2, 0) is 6.54 Å². The van der Waals surface area contributed by atoms with Crippen molar-refractivity contribution in [3.8, 4) is 0 Å². The Morgan fingerprint density at radius 2 is 2.31 bits per heavy atom. The van der Waals surface area contributed by atoms with E-state index in [2.05, 4.69) is 20.3 Å². The molecule has 0 aliphatic rings. The Balaban J connectivity index is 2.51. The molecule has 0 fully saturated rings. The summed E-state index contributed by atoms with van der Waals surface area (Å²) in [5.41, 5.74) is 1.36. The second kappa shape index (κ2) is 4.63. The average Bonchev–Trinajstić information content (AvgIpc) is 2.68. The Kier molecular flexibility index (Phi) is 3.21. The summed E-state index contributed by atoms with van der Waals surface area (Å²) in [6, 6.07) is 0. The summed E-state index contributed by atoms with van der Waals surface area (Å²) >= 11 is 5.82. The molecule has 2 heterocycles. The van der Waals surface area contributed by atoms with E-state index >= 15 is 0 Å². The lowest BCUT2D eigenvalue weighted by Gasteiger charge is -2.05. The minimum absolute atomic E-state index is 0.0254. The summed E-state index contributed by atoms with van der Waals surface area (Å²) in [6.45, 7) is 3.19. The molecular formula is C9H12ClN5O. The molecule has 0 spiro atoms. The number of nitrogens with zero attached hydrogens (tertiary/aromatic N) is 4. The van der Waals surface area contributed by atoms with Crippen molar-refractivity contribution in [1.29, 1.82) is 0 Å². The molecule has 0 aliphatic carbocycles. The van der Waals surface area contributed by atoms with E-state index < -0.39 is 0 Å². The lowest BCUT2D eigenvalue weighted by atomic mass is 10.4. The quantitative estimate of drug-likeness (QED) is 0.778. The summed E-state index contributed by atoms with van der Waals surface area (Å²) in [5.74, 6) is 0.552. The maximum absolute atomic E-state index is 8.76. The number of fused-ring (bicyclic) bond motifs is 1. The fourth-order valence-corrected chi connectivity index (χ4v) is 1.61. The van der Waals surface area contributed by atoms with E-state index in [9.17, 15) is 0 Å². The third kappa shape index (κ3) is 1.94. The number of aromatic nitrogens is 4. The van der Waals surface area contributed by atoms with Crippen LogP contribution in [0.25, 0.3) is 11.2 Å². The molecule has 86 valence electrons. The van der Waals surface area contributed by atoms with E-state index in [0.717, 1.165) is 6.54 Å². The molecule has 0 bridgehead atoms. The maximum atomic E-state index is 8.76. The molecule has 0 unspecified atom stereocenters. The topological polar surface area (TPSA) is 75.9 Å². The van der Waals surface area contributed by atoms with E-state index in [1.165, 1.54) is 0 Å². The van der Waals surface area contributed by atoms with Gasteiger partial charge in [-0.3, -0.25) is 0 Å². The van der Waals surface area contributed by atoms with Gasteiger partial charge >= 0.3 is 0 Å². The minimum Gasteiger partial charge on any atom is -0.395 e. The van der Waals surface area contributed by atoms with Gasteiger partial charge in [-0.05, 0) is 18.5 Å². The second-order valence-electron chi connectivity index (χ2n) is 3.19. The molecule has 2 N–H and O–H groups in total. The fraction of sp³-hybridized carbons (Fsp3) is 0.444. The van der Waals surface area contributed by atoms with Crippen molar-refractivity contribution < 1.29 is 5.11 Å². The van der Waals surface area contributed by atoms with Crippen LogP contribution < -0.4 is 5.32 Å². The van der Waals surface area contributed by atoms with Gasteiger partial charge in [-0.15, -0.1) is 0 Å². The molecular weight excluding hydrogens is 230 g/mol. The number of anilines is 1. The molecule has 0 amide bonds. The van der Waals surface area contributed by atoms with Crippen LogP contribution in [0.2, 0.25) is 5.28 Å². The average molecular weight is 242 g/mol. The fourth-order valence-electron chi connectivity index (χ4n) is 1.45. The molecule has 2 rings (SSSR count). The molecule has 7 heteroatoms. The van der Waals surface area contributed by atoms with Crippen molar-refractivity contribution >= 4 is 28.6 Å². The molecule has 16 heavy (non-hydrogen) atoms. The number of halogens is 1. The van der Waals surface area contributed by atoms with Gasteiger partial charge in [0.05, 0.1) is 12.9 Å². The first-order valence-corrected chi connectivity index (χ1v) is 5.37. The molecule has 0 saturated carbocycles. The summed E-state index contributed by atoms with van der Waals surface area (Å²) in [7, 11) is 0. The highest BCUT2D eigenvalue weighted by molar-refractivity contribution is 6.28. The van der Waals surface area contributed by atoms with E-state index in [1.807, 2.05) is 11.5 Å². The number of hydrogen-bond donors (Lipinski definition) is 2. The first kappa shape index (κ1) is 11.1. The normalized spacial score (nSPS) is 10.9. The van der Waals surface area contributed by atoms with E-state index in [1.54, 1.807) is 6.33 Å². The molecule has 0 saturated heterocycles. The Morgan fingerprint density at radius 3 is 3.00 bits per heavy atom. The predicted molar refractivity (Wildman–Crippen MR) is 61.6 cm³/mol. The number of hydrogen-bond acceptors (Lipinski definition) is 5. The van der Waals surface area contributed by atoms with Crippen LogP contribution in [0.3, 0.4) is 0 Å². The molecule has 0 radical (unpaired) electrons. The van der Waals surface area contributed by atoms with E-state index in [-0.39, 0.29) is 11.9 Å². The van der Waals surface area contributed by atoms with Gasteiger partial charge in [-0.25, -0.2) is 4.98 Å². The number of imidazole rings is 1. The van der Waals surface area contributed by atoms with Crippen LogP contribution in [0.1, 0.15) is 6.92 Å². The van der Waals surface area contributed by atoms with Crippen molar-refractivity contribution in [1.82, 2.24) is 19.5 Å². The number of aryl methyl sites for hydroxylation is 1. The first-order valence-electron chi connectivity index (χ1n) is 4.99. The highest BCUT2D eigenvalue weighted by atomic mass is 35.5. The van der Waals surface area contributed by atoms with Gasteiger partial charge in [0.15, 0.2) is 17.0 Å². The minimum atomic E-state index is 0.0254. The lowest BCUT2D eigenvalue weighted by Crippen LogP contribution is -2.08. The smallest absolute Gasteiger partial charge is 0.226 e. The zero-order valence-corrected chi connectivity index (χ0v) is 9.57. The number of nitrogens with one attached hydrogen (secondary N) is 1. The van der Waals surface area contributed by atoms with Crippen molar-refractivity contribution in [3.05, 3.63) is 11.6 Å².